The molecular formula is C20H21N5S2. The summed E-state index contributed by atoms with van der Waals surface area (Å²) in [5, 5.41) is 12.8. The van der Waals surface area contributed by atoms with E-state index >= 15 is 0 Å². The van der Waals surface area contributed by atoms with Gasteiger partial charge in [-0.15, -0.1) is 21.5 Å². The van der Waals surface area contributed by atoms with Gasteiger partial charge in [0, 0.05) is 49.1 Å². The molecular weight excluding hydrogens is 374 g/mol. The number of thioether (sulfide) groups is 1. The zero-order chi connectivity index (χ0) is 18.8. The third-order valence-corrected chi connectivity index (χ3v) is 6.48. The van der Waals surface area contributed by atoms with Gasteiger partial charge in [-0.05, 0) is 25.1 Å². The average molecular weight is 396 g/mol. The van der Waals surface area contributed by atoms with Crippen molar-refractivity contribution < 1.29 is 0 Å². The predicted molar refractivity (Wildman–Crippen MR) is 111 cm³/mol. The predicted octanol–water partition coefficient (Wildman–Crippen LogP) is 4.47. The lowest BCUT2D eigenvalue weighted by Crippen LogP contribution is -2.03. The topological polar surface area (TPSA) is 48.5 Å². The summed E-state index contributed by atoms with van der Waals surface area (Å²) in [6, 6.07) is 12.6. The molecule has 7 heteroatoms. The fraction of sp³-hybridized carbons (Fsp3) is 0.250. The van der Waals surface area contributed by atoms with Gasteiger partial charge in [0.15, 0.2) is 5.16 Å². The second-order valence-corrected chi connectivity index (χ2v) is 8.35. The van der Waals surface area contributed by atoms with Crippen LogP contribution in [0.4, 0.5) is 0 Å². The van der Waals surface area contributed by atoms with Gasteiger partial charge in [0.05, 0.1) is 5.69 Å². The smallest absolute Gasteiger partial charge is 0.191 e. The number of thiazole rings is 1. The van der Waals surface area contributed by atoms with Crippen LogP contribution in [0.5, 0.6) is 0 Å². The summed E-state index contributed by atoms with van der Waals surface area (Å²) in [4.78, 5) is 4.78. The lowest BCUT2D eigenvalue weighted by molar-refractivity contribution is 0.731. The monoisotopic (exact) mass is 395 g/mol. The lowest BCUT2D eigenvalue weighted by Gasteiger charge is -2.04. The third kappa shape index (κ3) is 3.99. The Balaban J connectivity index is 1.43. The minimum absolute atomic E-state index is 0.780. The molecule has 5 nitrogen and oxygen atoms in total. The van der Waals surface area contributed by atoms with E-state index in [2.05, 4.69) is 81.3 Å². The summed E-state index contributed by atoms with van der Waals surface area (Å²) in [6.07, 6.45) is 2.83. The summed E-state index contributed by atoms with van der Waals surface area (Å²) in [5.41, 5.74) is 4.74. The van der Waals surface area contributed by atoms with Crippen LogP contribution in [0, 0.1) is 6.92 Å². The normalized spacial score (nSPS) is 11.2. The molecule has 0 amide bonds. The molecule has 0 bridgehead atoms. The van der Waals surface area contributed by atoms with Crippen LogP contribution in [0.1, 0.15) is 22.8 Å². The Labute approximate surface area is 167 Å². The van der Waals surface area contributed by atoms with E-state index in [9.17, 15) is 0 Å². The minimum atomic E-state index is 0.780. The molecule has 4 rings (SSSR count). The number of aryl methyl sites for hydroxylation is 2. The largest absolute Gasteiger partial charge is 0.354 e. The third-order valence-electron chi connectivity index (χ3n) is 4.48. The van der Waals surface area contributed by atoms with Crippen LogP contribution in [0.25, 0.3) is 10.6 Å². The van der Waals surface area contributed by atoms with Crippen LogP contribution >= 0.6 is 23.1 Å². The SMILES string of the molecule is Cc1cccc(-c2nc(CSc3nnc(Cc4cccn4C)n3C)cs2)c1. The summed E-state index contributed by atoms with van der Waals surface area (Å²) in [7, 11) is 4.08. The lowest BCUT2D eigenvalue weighted by atomic mass is 10.1. The molecule has 0 fully saturated rings. The molecule has 4 aromatic rings. The van der Waals surface area contributed by atoms with Crippen molar-refractivity contribution in [3.05, 3.63) is 70.8 Å². The van der Waals surface area contributed by atoms with Crippen molar-refractivity contribution in [1.29, 1.82) is 0 Å². The van der Waals surface area contributed by atoms with E-state index in [1.807, 2.05) is 7.05 Å². The molecule has 1 aromatic carbocycles. The molecule has 0 N–H and O–H groups in total. The Kier molecular flexibility index (Phi) is 5.13. The van der Waals surface area contributed by atoms with Crippen LogP contribution in [-0.2, 0) is 26.3 Å². The van der Waals surface area contributed by atoms with Gasteiger partial charge < -0.3 is 9.13 Å². The van der Waals surface area contributed by atoms with E-state index in [0.29, 0.717) is 0 Å². The number of nitrogens with zero attached hydrogens (tertiary/aromatic N) is 5. The Morgan fingerprint density at radius 1 is 1.11 bits per heavy atom. The van der Waals surface area contributed by atoms with Gasteiger partial charge >= 0.3 is 0 Å². The molecule has 0 radical (unpaired) electrons. The van der Waals surface area contributed by atoms with Crippen LogP contribution in [0.2, 0.25) is 0 Å². The standard InChI is InChI=1S/C20H21N5S2/c1-14-6-4-7-15(10-14)19-21-16(12-26-19)13-27-20-23-22-18(25(20)3)11-17-8-5-9-24(17)2/h4-10,12H,11,13H2,1-3H3. The fourth-order valence-corrected chi connectivity index (χ4v) is 4.63. The molecule has 3 heterocycles. The van der Waals surface area contributed by atoms with Crippen molar-refractivity contribution in [2.24, 2.45) is 14.1 Å². The first kappa shape index (κ1) is 18.0. The van der Waals surface area contributed by atoms with Crippen LogP contribution in [0.3, 0.4) is 0 Å². The van der Waals surface area contributed by atoms with Gasteiger partial charge in [-0.2, -0.15) is 0 Å². The molecule has 0 aliphatic heterocycles. The summed E-state index contributed by atoms with van der Waals surface area (Å²) >= 11 is 3.37. The van der Waals surface area contributed by atoms with Gasteiger partial charge in [-0.25, -0.2) is 4.98 Å². The number of aromatic nitrogens is 5. The highest BCUT2D eigenvalue weighted by Gasteiger charge is 2.12. The highest BCUT2D eigenvalue weighted by Crippen LogP contribution is 2.28. The summed E-state index contributed by atoms with van der Waals surface area (Å²) < 4.78 is 4.19. The molecule has 0 unspecified atom stereocenters. The van der Waals surface area contributed by atoms with Crippen molar-refractivity contribution in [1.82, 2.24) is 24.3 Å². The molecule has 0 spiro atoms. The molecule has 3 aromatic heterocycles. The van der Waals surface area contributed by atoms with Crippen LogP contribution < -0.4 is 0 Å². The fourth-order valence-electron chi connectivity index (χ4n) is 2.89. The molecule has 0 atom stereocenters. The zero-order valence-corrected chi connectivity index (χ0v) is 17.2. The molecule has 0 saturated carbocycles. The van der Waals surface area contributed by atoms with Gasteiger partial charge in [0.25, 0.3) is 0 Å². The Bertz CT molecular complexity index is 1060. The van der Waals surface area contributed by atoms with Crippen LogP contribution in [0.15, 0.2) is 53.1 Å². The highest BCUT2D eigenvalue weighted by molar-refractivity contribution is 7.98. The first-order chi connectivity index (χ1) is 13.1. The van der Waals surface area contributed by atoms with Gasteiger partial charge in [-0.3, -0.25) is 0 Å². The van der Waals surface area contributed by atoms with Crippen molar-refractivity contribution in [2.45, 2.75) is 24.3 Å². The summed E-state index contributed by atoms with van der Waals surface area (Å²) in [6.45, 7) is 2.11. The van der Waals surface area contributed by atoms with Gasteiger partial charge in [0.2, 0.25) is 0 Å². The van der Waals surface area contributed by atoms with E-state index in [4.69, 9.17) is 4.98 Å². The van der Waals surface area contributed by atoms with Crippen LogP contribution in [-0.4, -0.2) is 24.3 Å². The van der Waals surface area contributed by atoms with Crippen molar-refractivity contribution in [3.8, 4) is 10.6 Å². The second-order valence-electron chi connectivity index (χ2n) is 6.55. The number of hydrogen-bond donors (Lipinski definition) is 0. The maximum atomic E-state index is 4.78. The van der Waals surface area contributed by atoms with Gasteiger partial charge in [0.1, 0.15) is 10.8 Å². The summed E-state index contributed by atoms with van der Waals surface area (Å²) in [5.74, 6) is 1.76. The number of hydrogen-bond acceptors (Lipinski definition) is 5. The molecule has 0 saturated heterocycles. The van der Waals surface area contributed by atoms with E-state index < -0.39 is 0 Å². The molecule has 0 aliphatic rings. The van der Waals surface area contributed by atoms with Crippen molar-refractivity contribution >= 4 is 23.1 Å². The number of benzene rings is 1. The van der Waals surface area contributed by atoms with E-state index in [1.165, 1.54) is 16.8 Å². The first-order valence-corrected chi connectivity index (χ1v) is 10.6. The Morgan fingerprint density at radius 3 is 2.78 bits per heavy atom. The van der Waals surface area contributed by atoms with Crippen molar-refractivity contribution in [3.63, 3.8) is 0 Å². The first-order valence-electron chi connectivity index (χ1n) is 8.73. The molecule has 138 valence electrons. The second kappa shape index (κ2) is 7.70. The maximum absolute atomic E-state index is 4.78. The quantitative estimate of drug-likeness (QED) is 0.452. The molecule has 0 aliphatic carbocycles. The highest BCUT2D eigenvalue weighted by atomic mass is 32.2. The van der Waals surface area contributed by atoms with E-state index in [0.717, 1.165) is 33.9 Å². The zero-order valence-electron chi connectivity index (χ0n) is 15.6. The van der Waals surface area contributed by atoms with Gasteiger partial charge in [-0.1, -0.05) is 35.5 Å². The Morgan fingerprint density at radius 2 is 2.00 bits per heavy atom. The number of rotatable bonds is 6. The van der Waals surface area contributed by atoms with Crippen molar-refractivity contribution in [2.75, 3.05) is 0 Å². The van der Waals surface area contributed by atoms with E-state index in [1.54, 1.807) is 23.1 Å². The Hall–Kier alpha value is -2.38. The average Bonchev–Trinajstić information content (AvgIpc) is 3.37. The van der Waals surface area contributed by atoms with E-state index in [-0.39, 0.29) is 0 Å². The maximum Gasteiger partial charge on any atom is 0.191 e. The minimum Gasteiger partial charge on any atom is -0.354 e. The molecule has 27 heavy (non-hydrogen) atoms.